The summed E-state index contributed by atoms with van der Waals surface area (Å²) in [6.45, 7) is 4.55. The number of carbonyl (C=O) groups excluding carboxylic acids is 2. The first-order valence-electron chi connectivity index (χ1n) is 8.01. The van der Waals surface area contributed by atoms with Crippen LogP contribution in [0.15, 0.2) is 22.5 Å². The van der Waals surface area contributed by atoms with Crippen molar-refractivity contribution in [3.05, 3.63) is 23.8 Å². The van der Waals surface area contributed by atoms with Gasteiger partial charge in [-0.25, -0.2) is 4.98 Å². The zero-order valence-corrected chi connectivity index (χ0v) is 15.6. The number of thiazole rings is 1. The van der Waals surface area contributed by atoms with Crippen molar-refractivity contribution in [2.24, 2.45) is 0 Å². The van der Waals surface area contributed by atoms with Gasteiger partial charge in [0.15, 0.2) is 4.34 Å². The number of nitrogens with zero attached hydrogens (tertiary/aromatic N) is 1. The molecule has 0 radical (unpaired) electrons. The number of rotatable bonds is 9. The Morgan fingerprint density at radius 2 is 2.17 bits per heavy atom. The highest BCUT2D eigenvalue weighted by atomic mass is 32.2. The van der Waals surface area contributed by atoms with E-state index in [0.717, 1.165) is 22.0 Å². The largest absolute Gasteiger partial charge is 0.466 e. The topological polar surface area (TPSA) is 68.3 Å². The number of carbonyl (C=O) groups is 2. The quantitative estimate of drug-likeness (QED) is 0.418. The molecule has 0 atom stereocenters. The summed E-state index contributed by atoms with van der Waals surface area (Å²) in [7, 11) is 0. The number of aryl methyl sites for hydroxylation is 1. The molecule has 0 aliphatic heterocycles. The van der Waals surface area contributed by atoms with E-state index in [9.17, 15) is 9.59 Å². The lowest BCUT2D eigenvalue weighted by Crippen LogP contribution is -2.26. The monoisotopic (exact) mass is 366 g/mol. The van der Waals surface area contributed by atoms with E-state index in [2.05, 4.69) is 29.4 Å². The van der Waals surface area contributed by atoms with Crippen molar-refractivity contribution in [1.29, 1.82) is 0 Å². The van der Waals surface area contributed by atoms with Crippen molar-refractivity contribution in [1.82, 2.24) is 10.3 Å². The van der Waals surface area contributed by atoms with Crippen LogP contribution in [0.3, 0.4) is 0 Å². The highest BCUT2D eigenvalue weighted by Gasteiger charge is 2.07. The Hall–Kier alpha value is -1.60. The van der Waals surface area contributed by atoms with Crippen molar-refractivity contribution in [3.8, 4) is 0 Å². The molecule has 0 spiro atoms. The Labute approximate surface area is 150 Å². The molecule has 2 rings (SSSR count). The summed E-state index contributed by atoms with van der Waals surface area (Å²) in [5.74, 6) is 0.545. The molecule has 0 saturated heterocycles. The van der Waals surface area contributed by atoms with Gasteiger partial charge < -0.3 is 10.1 Å². The van der Waals surface area contributed by atoms with Gasteiger partial charge in [-0.05, 0) is 38.0 Å². The fraction of sp³-hybridized carbons (Fsp3) is 0.471. The average Bonchev–Trinajstić information content (AvgIpc) is 2.93. The van der Waals surface area contributed by atoms with E-state index in [1.165, 1.54) is 10.3 Å². The Morgan fingerprint density at radius 1 is 1.33 bits per heavy atom. The van der Waals surface area contributed by atoms with Crippen LogP contribution < -0.4 is 5.32 Å². The van der Waals surface area contributed by atoms with Crippen LogP contribution in [0, 0.1) is 6.92 Å². The summed E-state index contributed by atoms with van der Waals surface area (Å²) in [6.07, 6.45) is 1.46. The van der Waals surface area contributed by atoms with Crippen molar-refractivity contribution in [2.45, 2.75) is 37.4 Å². The minimum atomic E-state index is -0.278. The molecule has 7 heteroatoms. The maximum Gasteiger partial charge on any atom is 0.307 e. The van der Waals surface area contributed by atoms with Gasteiger partial charge in [0.1, 0.15) is 0 Å². The second kappa shape index (κ2) is 9.64. The minimum Gasteiger partial charge on any atom is -0.466 e. The molecule has 0 unspecified atom stereocenters. The number of thioether (sulfide) groups is 1. The third-order valence-corrected chi connectivity index (χ3v) is 5.50. The smallest absolute Gasteiger partial charge is 0.307 e. The molecular formula is C17H22N2O3S2. The number of hydrogen-bond donors (Lipinski definition) is 1. The predicted molar refractivity (Wildman–Crippen MR) is 98.6 cm³/mol. The average molecular weight is 367 g/mol. The normalized spacial score (nSPS) is 10.8. The summed E-state index contributed by atoms with van der Waals surface area (Å²) < 4.78 is 7.05. The minimum absolute atomic E-state index is 0.0279. The van der Waals surface area contributed by atoms with Crippen molar-refractivity contribution >= 4 is 45.2 Å². The predicted octanol–water partition coefficient (Wildman–Crippen LogP) is 3.55. The second-order valence-electron chi connectivity index (χ2n) is 5.31. The number of hydrogen-bond acceptors (Lipinski definition) is 6. The van der Waals surface area contributed by atoms with Gasteiger partial charge in [-0.15, -0.1) is 11.3 Å². The molecule has 130 valence electrons. The van der Waals surface area contributed by atoms with Crippen LogP contribution in [0.4, 0.5) is 0 Å². The van der Waals surface area contributed by atoms with Crippen molar-refractivity contribution in [3.63, 3.8) is 0 Å². The van der Waals surface area contributed by atoms with Gasteiger partial charge in [-0.1, -0.05) is 17.8 Å². The van der Waals surface area contributed by atoms with E-state index < -0.39 is 0 Å². The van der Waals surface area contributed by atoms with Crippen LogP contribution in [0.2, 0.25) is 0 Å². The van der Waals surface area contributed by atoms with Crippen LogP contribution >= 0.6 is 23.1 Å². The van der Waals surface area contributed by atoms with Gasteiger partial charge in [0.05, 0.1) is 23.2 Å². The fourth-order valence-electron chi connectivity index (χ4n) is 2.09. The first kappa shape index (κ1) is 18.7. The summed E-state index contributed by atoms with van der Waals surface area (Å²) >= 11 is 3.37. The Balaban J connectivity index is 1.63. The van der Waals surface area contributed by atoms with E-state index in [1.54, 1.807) is 30.0 Å². The zero-order valence-electron chi connectivity index (χ0n) is 14.0. The SMILES string of the molecule is CCOC(=O)CCNC(=O)CCCSc1nc2ccc(C)cc2s1. The van der Waals surface area contributed by atoms with E-state index >= 15 is 0 Å². The third-order valence-electron chi connectivity index (χ3n) is 3.25. The number of amides is 1. The number of esters is 1. The molecule has 1 amide bonds. The van der Waals surface area contributed by atoms with Crippen LogP contribution in [-0.4, -0.2) is 35.8 Å². The summed E-state index contributed by atoms with van der Waals surface area (Å²) in [5.41, 5.74) is 2.27. The summed E-state index contributed by atoms with van der Waals surface area (Å²) in [6, 6.07) is 6.26. The van der Waals surface area contributed by atoms with Gasteiger partial charge in [0.25, 0.3) is 0 Å². The third kappa shape index (κ3) is 6.13. The maximum atomic E-state index is 11.7. The molecule has 1 heterocycles. The molecule has 1 N–H and O–H groups in total. The lowest BCUT2D eigenvalue weighted by atomic mass is 10.2. The van der Waals surface area contributed by atoms with E-state index in [4.69, 9.17) is 4.74 Å². The van der Waals surface area contributed by atoms with Crippen LogP contribution in [0.25, 0.3) is 10.2 Å². The number of ether oxygens (including phenoxy) is 1. The highest BCUT2D eigenvalue weighted by molar-refractivity contribution is 8.01. The van der Waals surface area contributed by atoms with E-state index in [0.29, 0.717) is 19.6 Å². The molecular weight excluding hydrogens is 344 g/mol. The number of aromatic nitrogens is 1. The molecule has 0 saturated carbocycles. The van der Waals surface area contributed by atoms with Crippen LogP contribution in [0.1, 0.15) is 31.7 Å². The first-order chi connectivity index (χ1) is 11.6. The van der Waals surface area contributed by atoms with Gasteiger partial charge in [-0.2, -0.15) is 0 Å². The zero-order chi connectivity index (χ0) is 17.4. The fourth-order valence-corrected chi connectivity index (χ4v) is 4.27. The number of benzene rings is 1. The lowest BCUT2D eigenvalue weighted by Gasteiger charge is -2.04. The Kier molecular flexibility index (Phi) is 7.52. The molecule has 0 fully saturated rings. The number of fused-ring (bicyclic) bond motifs is 1. The van der Waals surface area contributed by atoms with Crippen molar-refractivity contribution < 1.29 is 14.3 Å². The Bertz CT molecular complexity index is 700. The molecule has 5 nitrogen and oxygen atoms in total. The van der Waals surface area contributed by atoms with Crippen LogP contribution in [0.5, 0.6) is 0 Å². The molecule has 0 bridgehead atoms. The first-order valence-corrected chi connectivity index (χ1v) is 9.81. The van der Waals surface area contributed by atoms with Gasteiger partial charge in [-0.3, -0.25) is 9.59 Å². The van der Waals surface area contributed by atoms with E-state index in [-0.39, 0.29) is 18.3 Å². The molecule has 1 aromatic carbocycles. The van der Waals surface area contributed by atoms with Gasteiger partial charge in [0, 0.05) is 18.7 Å². The van der Waals surface area contributed by atoms with Gasteiger partial charge in [0.2, 0.25) is 5.91 Å². The van der Waals surface area contributed by atoms with Gasteiger partial charge >= 0.3 is 5.97 Å². The lowest BCUT2D eigenvalue weighted by molar-refractivity contribution is -0.143. The molecule has 0 aliphatic rings. The summed E-state index contributed by atoms with van der Waals surface area (Å²) in [4.78, 5) is 27.4. The van der Waals surface area contributed by atoms with Crippen molar-refractivity contribution in [2.75, 3.05) is 18.9 Å². The molecule has 24 heavy (non-hydrogen) atoms. The molecule has 2 aromatic rings. The van der Waals surface area contributed by atoms with E-state index in [1.807, 2.05) is 6.07 Å². The highest BCUT2D eigenvalue weighted by Crippen LogP contribution is 2.30. The second-order valence-corrected chi connectivity index (χ2v) is 7.68. The molecule has 1 aromatic heterocycles. The maximum absolute atomic E-state index is 11.7. The summed E-state index contributed by atoms with van der Waals surface area (Å²) in [5, 5.41) is 2.74. The molecule has 0 aliphatic carbocycles. The van der Waals surface area contributed by atoms with Crippen LogP contribution in [-0.2, 0) is 14.3 Å². The standard InChI is InChI=1S/C17H22N2O3S2/c1-3-22-16(21)8-9-18-15(20)5-4-10-23-17-19-13-7-6-12(2)11-14(13)24-17/h6-7,11H,3-5,8-10H2,1-2H3,(H,18,20). The Morgan fingerprint density at radius 3 is 2.96 bits per heavy atom. The number of nitrogens with one attached hydrogen (secondary N) is 1.